The van der Waals surface area contributed by atoms with Crippen LogP contribution in [0.5, 0.6) is 0 Å². The van der Waals surface area contributed by atoms with Gasteiger partial charge in [-0.2, -0.15) is 0 Å². The second-order valence-electron chi connectivity index (χ2n) is 6.94. The Hall–Kier alpha value is -1.32. The predicted octanol–water partition coefficient (Wildman–Crippen LogP) is 5.39. The van der Waals surface area contributed by atoms with Gasteiger partial charge in [-0.3, -0.25) is 4.98 Å². The Morgan fingerprint density at radius 1 is 1.09 bits per heavy atom. The number of aryl methyl sites for hydroxylation is 1. The summed E-state index contributed by atoms with van der Waals surface area (Å²) in [4.78, 5) is 11.7. The van der Waals surface area contributed by atoms with Gasteiger partial charge < -0.3 is 4.90 Å². The highest BCUT2D eigenvalue weighted by Crippen LogP contribution is 2.33. The fraction of sp³-hybridized carbons (Fsp3) is 0.444. The van der Waals surface area contributed by atoms with Gasteiger partial charge in [-0.15, -0.1) is 0 Å². The van der Waals surface area contributed by atoms with Gasteiger partial charge in [-0.05, 0) is 37.3 Å². The van der Waals surface area contributed by atoms with Gasteiger partial charge in [0.05, 0.1) is 27.6 Å². The summed E-state index contributed by atoms with van der Waals surface area (Å²) in [6.07, 6.45) is 4.23. The summed E-state index contributed by atoms with van der Waals surface area (Å²) in [5.74, 6) is 0.960. The van der Waals surface area contributed by atoms with Crippen molar-refractivity contribution in [2.75, 3.05) is 18.0 Å². The molecule has 1 aromatic heterocycles. The molecule has 23 heavy (non-hydrogen) atoms. The van der Waals surface area contributed by atoms with Crippen LogP contribution >= 0.6 is 23.2 Å². The third-order valence-corrected chi connectivity index (χ3v) is 5.31. The van der Waals surface area contributed by atoms with Crippen LogP contribution in [0.25, 0.3) is 11.3 Å². The summed E-state index contributed by atoms with van der Waals surface area (Å²) in [5.41, 5.74) is 3.13. The zero-order chi connectivity index (χ0) is 16.6. The molecule has 1 aliphatic rings. The van der Waals surface area contributed by atoms with Crippen molar-refractivity contribution in [3.63, 3.8) is 0 Å². The molecule has 0 saturated carbocycles. The number of hydrogen-bond acceptors (Lipinski definition) is 3. The summed E-state index contributed by atoms with van der Waals surface area (Å²) in [7, 11) is 0. The monoisotopic (exact) mass is 349 g/mol. The van der Waals surface area contributed by atoms with Crippen molar-refractivity contribution in [1.29, 1.82) is 0 Å². The van der Waals surface area contributed by atoms with Crippen LogP contribution in [0.2, 0.25) is 10.0 Å². The van der Waals surface area contributed by atoms with Gasteiger partial charge in [0.2, 0.25) is 0 Å². The number of benzene rings is 1. The molecule has 1 aliphatic heterocycles. The molecule has 0 bridgehead atoms. The molecule has 2 heterocycles. The van der Waals surface area contributed by atoms with Crippen molar-refractivity contribution >= 4 is 29.0 Å². The van der Waals surface area contributed by atoms with Gasteiger partial charge in [-0.25, -0.2) is 4.98 Å². The lowest BCUT2D eigenvalue weighted by Gasteiger charge is -2.37. The van der Waals surface area contributed by atoms with Crippen LogP contribution in [0.15, 0.2) is 24.4 Å². The molecule has 0 N–H and O–H groups in total. The van der Waals surface area contributed by atoms with E-state index in [0.717, 1.165) is 35.9 Å². The summed E-state index contributed by atoms with van der Waals surface area (Å²) in [5, 5.41) is 1.08. The number of nitrogens with zero attached hydrogens (tertiary/aromatic N) is 3. The highest BCUT2D eigenvalue weighted by atomic mass is 35.5. The summed E-state index contributed by atoms with van der Waals surface area (Å²) >= 11 is 12.1. The van der Waals surface area contributed by atoms with Gasteiger partial charge >= 0.3 is 0 Å². The van der Waals surface area contributed by atoms with Gasteiger partial charge in [0.1, 0.15) is 5.82 Å². The predicted molar refractivity (Wildman–Crippen MR) is 97.5 cm³/mol. The van der Waals surface area contributed by atoms with Gasteiger partial charge in [0.25, 0.3) is 0 Å². The lowest BCUT2D eigenvalue weighted by Crippen LogP contribution is -2.37. The van der Waals surface area contributed by atoms with Crippen molar-refractivity contribution in [2.45, 2.75) is 33.6 Å². The standard InChI is InChI=1S/C18H21Cl2N3/c1-12-17(13-4-5-14(19)15(20)10-13)21-11-16(22-12)23-8-6-18(2,3)7-9-23/h4-5,10-11H,6-9H2,1-3H3. The molecule has 122 valence electrons. The number of piperidine rings is 1. The summed E-state index contributed by atoms with van der Waals surface area (Å²) in [6, 6.07) is 5.55. The molecular weight excluding hydrogens is 329 g/mol. The topological polar surface area (TPSA) is 29.0 Å². The number of rotatable bonds is 2. The minimum absolute atomic E-state index is 0.430. The first-order chi connectivity index (χ1) is 10.9. The van der Waals surface area contributed by atoms with E-state index in [9.17, 15) is 0 Å². The molecule has 1 saturated heterocycles. The average molecular weight is 350 g/mol. The molecule has 3 rings (SSSR count). The molecule has 0 atom stereocenters. The number of anilines is 1. The first-order valence-electron chi connectivity index (χ1n) is 7.90. The van der Waals surface area contributed by atoms with E-state index in [-0.39, 0.29) is 0 Å². The first kappa shape index (κ1) is 16.5. The molecule has 1 aromatic carbocycles. The van der Waals surface area contributed by atoms with Gasteiger partial charge in [0.15, 0.2) is 0 Å². The fourth-order valence-electron chi connectivity index (χ4n) is 2.89. The van der Waals surface area contributed by atoms with Gasteiger partial charge in [0, 0.05) is 18.7 Å². The summed E-state index contributed by atoms with van der Waals surface area (Å²) in [6.45, 7) is 8.71. The van der Waals surface area contributed by atoms with E-state index < -0.39 is 0 Å². The quantitative estimate of drug-likeness (QED) is 0.728. The molecular formula is C18H21Cl2N3. The molecule has 0 amide bonds. The van der Waals surface area contributed by atoms with Crippen LogP contribution in [-0.4, -0.2) is 23.1 Å². The Morgan fingerprint density at radius 2 is 1.78 bits per heavy atom. The maximum atomic E-state index is 6.11. The number of aromatic nitrogens is 2. The Labute approximate surface area is 147 Å². The van der Waals surface area contributed by atoms with Crippen LogP contribution in [0.4, 0.5) is 5.82 Å². The average Bonchev–Trinajstić information content (AvgIpc) is 2.50. The SMILES string of the molecule is Cc1nc(N2CCC(C)(C)CC2)cnc1-c1ccc(Cl)c(Cl)c1. The zero-order valence-electron chi connectivity index (χ0n) is 13.7. The number of halogens is 2. The van der Waals surface area contributed by atoms with Crippen molar-refractivity contribution in [3.8, 4) is 11.3 Å². The minimum atomic E-state index is 0.430. The van der Waals surface area contributed by atoms with E-state index in [2.05, 4.69) is 23.7 Å². The Kier molecular flexibility index (Phi) is 4.52. The molecule has 0 unspecified atom stereocenters. The molecule has 3 nitrogen and oxygen atoms in total. The van der Waals surface area contributed by atoms with E-state index in [1.807, 2.05) is 25.3 Å². The normalized spacial score (nSPS) is 17.3. The summed E-state index contributed by atoms with van der Waals surface area (Å²) < 4.78 is 0. The van der Waals surface area contributed by atoms with E-state index in [1.54, 1.807) is 6.07 Å². The molecule has 0 spiro atoms. The highest BCUT2D eigenvalue weighted by molar-refractivity contribution is 6.42. The Balaban J connectivity index is 1.85. The van der Waals surface area contributed by atoms with E-state index in [0.29, 0.717) is 15.5 Å². The number of hydrogen-bond donors (Lipinski definition) is 0. The fourth-order valence-corrected chi connectivity index (χ4v) is 3.19. The Morgan fingerprint density at radius 3 is 2.39 bits per heavy atom. The maximum Gasteiger partial charge on any atom is 0.147 e. The molecule has 5 heteroatoms. The zero-order valence-corrected chi connectivity index (χ0v) is 15.2. The van der Waals surface area contributed by atoms with E-state index in [4.69, 9.17) is 28.2 Å². The molecule has 0 aliphatic carbocycles. The van der Waals surface area contributed by atoms with Crippen molar-refractivity contribution in [3.05, 3.63) is 40.1 Å². The van der Waals surface area contributed by atoms with Crippen molar-refractivity contribution < 1.29 is 0 Å². The molecule has 2 aromatic rings. The van der Waals surface area contributed by atoms with Crippen LogP contribution in [0.1, 0.15) is 32.4 Å². The second-order valence-corrected chi connectivity index (χ2v) is 7.76. The van der Waals surface area contributed by atoms with Crippen LogP contribution in [0.3, 0.4) is 0 Å². The van der Waals surface area contributed by atoms with Gasteiger partial charge in [-0.1, -0.05) is 43.1 Å². The van der Waals surface area contributed by atoms with E-state index >= 15 is 0 Å². The molecule has 0 radical (unpaired) electrons. The first-order valence-corrected chi connectivity index (χ1v) is 8.65. The largest absolute Gasteiger partial charge is 0.355 e. The van der Waals surface area contributed by atoms with Crippen LogP contribution in [0, 0.1) is 12.3 Å². The third-order valence-electron chi connectivity index (χ3n) is 4.57. The third kappa shape index (κ3) is 3.61. The van der Waals surface area contributed by atoms with E-state index in [1.165, 1.54) is 12.8 Å². The van der Waals surface area contributed by atoms with Crippen LogP contribution < -0.4 is 4.90 Å². The lowest BCUT2D eigenvalue weighted by atomic mass is 9.83. The van der Waals surface area contributed by atoms with Crippen LogP contribution in [-0.2, 0) is 0 Å². The Bertz CT molecular complexity index is 718. The smallest absolute Gasteiger partial charge is 0.147 e. The van der Waals surface area contributed by atoms with Crippen molar-refractivity contribution in [1.82, 2.24) is 9.97 Å². The second kappa shape index (κ2) is 6.29. The lowest BCUT2D eigenvalue weighted by molar-refractivity contribution is 0.279. The molecule has 1 fully saturated rings. The highest BCUT2D eigenvalue weighted by Gasteiger charge is 2.26. The minimum Gasteiger partial charge on any atom is -0.355 e. The maximum absolute atomic E-state index is 6.11. The van der Waals surface area contributed by atoms with Crippen molar-refractivity contribution in [2.24, 2.45) is 5.41 Å².